The Morgan fingerprint density at radius 1 is 0.882 bits per heavy atom. The van der Waals surface area contributed by atoms with Gasteiger partial charge in [-0.1, -0.05) is 23.7 Å². The second-order valence-electron chi connectivity index (χ2n) is 6.86. The number of para-hydroxylation sites is 1. The summed E-state index contributed by atoms with van der Waals surface area (Å²) in [5.41, 5.74) is 1.31. The molecule has 0 saturated heterocycles. The van der Waals surface area contributed by atoms with E-state index >= 15 is 0 Å². The lowest BCUT2D eigenvalue weighted by Crippen LogP contribution is -2.13. The Labute approximate surface area is 203 Å². The van der Waals surface area contributed by atoms with Gasteiger partial charge in [-0.15, -0.1) is 0 Å². The minimum Gasteiger partial charge on any atom is -0.493 e. The van der Waals surface area contributed by atoms with Gasteiger partial charge in [0.15, 0.2) is 11.5 Å². The Kier molecular flexibility index (Phi) is 8.04. The highest BCUT2D eigenvalue weighted by Crippen LogP contribution is 2.40. The number of hydrogen-bond donors (Lipinski definition) is 2. The molecule has 3 aromatic carbocycles. The molecule has 3 rings (SSSR count). The van der Waals surface area contributed by atoms with E-state index in [1.807, 2.05) is 0 Å². The lowest BCUT2D eigenvalue weighted by molar-refractivity contribution is -0.111. The molecular weight excluding hydrogens is 480 g/mol. The fraction of sp³-hybridized carbons (Fsp3) is 0.125. The Morgan fingerprint density at radius 2 is 1.56 bits per heavy atom. The third-order valence-electron chi connectivity index (χ3n) is 4.70. The van der Waals surface area contributed by atoms with Gasteiger partial charge in [-0.2, -0.15) is 0 Å². The largest absolute Gasteiger partial charge is 0.493 e. The van der Waals surface area contributed by atoms with Crippen LogP contribution in [0.2, 0.25) is 5.02 Å². The zero-order valence-electron chi connectivity index (χ0n) is 18.7. The van der Waals surface area contributed by atoms with Crippen LogP contribution in [0.25, 0.3) is 6.08 Å². The van der Waals surface area contributed by atoms with Crippen molar-refractivity contribution in [2.75, 3.05) is 31.4 Å². The first-order chi connectivity index (χ1) is 16.3. The molecule has 178 valence electrons. The molecule has 0 atom stereocenters. The molecule has 10 heteroatoms. The number of rotatable bonds is 9. The Bertz CT molecular complexity index is 1310. The summed E-state index contributed by atoms with van der Waals surface area (Å²) < 4.78 is 43.6. The first kappa shape index (κ1) is 24.9. The van der Waals surface area contributed by atoms with E-state index in [1.165, 1.54) is 51.7 Å². The van der Waals surface area contributed by atoms with Gasteiger partial charge in [0, 0.05) is 17.3 Å². The van der Waals surface area contributed by atoms with Crippen molar-refractivity contribution >= 4 is 45.0 Å². The van der Waals surface area contributed by atoms with E-state index in [4.69, 9.17) is 25.8 Å². The molecule has 3 aromatic rings. The van der Waals surface area contributed by atoms with E-state index in [-0.39, 0.29) is 15.6 Å². The van der Waals surface area contributed by atoms with Crippen LogP contribution in [0.15, 0.2) is 71.6 Å². The van der Waals surface area contributed by atoms with Crippen LogP contribution in [-0.4, -0.2) is 35.7 Å². The molecule has 1 amide bonds. The fourth-order valence-corrected chi connectivity index (χ4v) is 4.39. The van der Waals surface area contributed by atoms with E-state index in [0.717, 1.165) is 0 Å². The summed E-state index contributed by atoms with van der Waals surface area (Å²) in [7, 11) is 0.658. The Hall–Kier alpha value is -3.69. The molecule has 2 N–H and O–H groups in total. The zero-order valence-corrected chi connectivity index (χ0v) is 20.2. The number of sulfonamides is 1. The van der Waals surface area contributed by atoms with Crippen LogP contribution in [0.4, 0.5) is 11.4 Å². The van der Waals surface area contributed by atoms with Crippen molar-refractivity contribution in [3.8, 4) is 17.2 Å². The van der Waals surface area contributed by atoms with Gasteiger partial charge in [0.1, 0.15) is 0 Å². The summed E-state index contributed by atoms with van der Waals surface area (Å²) in [5.74, 6) is 0.919. The van der Waals surface area contributed by atoms with Gasteiger partial charge in [0.25, 0.3) is 10.0 Å². The first-order valence-electron chi connectivity index (χ1n) is 9.94. The maximum Gasteiger partial charge on any atom is 0.261 e. The molecule has 0 spiro atoms. The van der Waals surface area contributed by atoms with Gasteiger partial charge in [0.2, 0.25) is 11.7 Å². The monoisotopic (exact) mass is 502 g/mol. The van der Waals surface area contributed by atoms with Crippen molar-refractivity contribution in [3.05, 3.63) is 77.3 Å². The molecule has 34 heavy (non-hydrogen) atoms. The molecule has 0 aliphatic heterocycles. The van der Waals surface area contributed by atoms with Crippen molar-refractivity contribution < 1.29 is 27.4 Å². The maximum atomic E-state index is 12.6. The SMILES string of the molecule is COc1ccc(/C=C/C(=O)Nc2ccc(S(=O)(=O)Nc3ccccc3Cl)cc2)c(OC)c1OC. The summed E-state index contributed by atoms with van der Waals surface area (Å²) in [6.45, 7) is 0. The van der Waals surface area contributed by atoms with E-state index < -0.39 is 15.9 Å². The van der Waals surface area contributed by atoms with Gasteiger partial charge in [-0.3, -0.25) is 9.52 Å². The lowest BCUT2D eigenvalue weighted by Gasteiger charge is -2.14. The fourth-order valence-electron chi connectivity index (χ4n) is 3.07. The highest BCUT2D eigenvalue weighted by Gasteiger charge is 2.16. The molecule has 0 saturated carbocycles. The van der Waals surface area contributed by atoms with Crippen LogP contribution < -0.4 is 24.2 Å². The number of nitrogens with one attached hydrogen (secondary N) is 2. The van der Waals surface area contributed by atoms with Gasteiger partial charge in [-0.25, -0.2) is 8.42 Å². The van der Waals surface area contributed by atoms with Crippen LogP contribution in [0.5, 0.6) is 17.2 Å². The molecule has 0 aliphatic rings. The van der Waals surface area contributed by atoms with E-state index in [0.29, 0.717) is 28.5 Å². The number of benzene rings is 3. The highest BCUT2D eigenvalue weighted by atomic mass is 35.5. The average molecular weight is 503 g/mol. The van der Waals surface area contributed by atoms with Gasteiger partial charge in [0.05, 0.1) is 36.9 Å². The van der Waals surface area contributed by atoms with Crippen LogP contribution in [0.3, 0.4) is 0 Å². The van der Waals surface area contributed by atoms with Crippen molar-refractivity contribution in [3.63, 3.8) is 0 Å². The Balaban J connectivity index is 1.71. The summed E-state index contributed by atoms with van der Waals surface area (Å²) >= 11 is 6.02. The van der Waals surface area contributed by atoms with Gasteiger partial charge >= 0.3 is 0 Å². The zero-order chi connectivity index (χ0) is 24.7. The molecule has 0 bridgehead atoms. The maximum absolute atomic E-state index is 12.6. The summed E-state index contributed by atoms with van der Waals surface area (Å²) in [6, 6.07) is 15.7. The summed E-state index contributed by atoms with van der Waals surface area (Å²) in [5, 5.41) is 2.96. The van der Waals surface area contributed by atoms with Crippen LogP contribution in [-0.2, 0) is 14.8 Å². The third kappa shape index (κ3) is 5.81. The van der Waals surface area contributed by atoms with Gasteiger partial charge in [-0.05, 0) is 54.6 Å². The molecule has 0 aliphatic carbocycles. The molecular formula is C24H23ClN2O6S. The smallest absolute Gasteiger partial charge is 0.261 e. The quantitative estimate of drug-likeness (QED) is 0.407. The normalized spacial score (nSPS) is 11.2. The van der Waals surface area contributed by atoms with Gasteiger partial charge < -0.3 is 19.5 Å². The summed E-state index contributed by atoms with van der Waals surface area (Å²) in [4.78, 5) is 12.4. The number of halogens is 1. The standard InChI is InChI=1S/C24H23ClN2O6S/c1-31-21-14-8-16(23(32-2)24(21)33-3)9-15-22(28)26-17-10-12-18(13-11-17)34(29,30)27-20-7-5-4-6-19(20)25/h4-15,27H,1-3H3,(H,26,28)/b15-9+. The summed E-state index contributed by atoms with van der Waals surface area (Å²) in [6.07, 6.45) is 2.90. The molecule has 8 nitrogen and oxygen atoms in total. The Morgan fingerprint density at radius 3 is 2.18 bits per heavy atom. The van der Waals surface area contributed by atoms with E-state index in [2.05, 4.69) is 10.0 Å². The number of carbonyl (C=O) groups is 1. The van der Waals surface area contributed by atoms with Crippen LogP contribution in [0.1, 0.15) is 5.56 Å². The van der Waals surface area contributed by atoms with Crippen molar-refractivity contribution in [2.45, 2.75) is 4.90 Å². The number of amides is 1. The number of anilines is 2. The van der Waals surface area contributed by atoms with E-state index in [9.17, 15) is 13.2 Å². The second kappa shape index (κ2) is 11.0. The molecule has 0 fully saturated rings. The predicted octanol–water partition coefficient (Wildman–Crippen LogP) is 4.82. The topological polar surface area (TPSA) is 103 Å². The number of methoxy groups -OCH3 is 3. The number of carbonyl (C=O) groups excluding carboxylic acids is 1. The van der Waals surface area contributed by atoms with Crippen molar-refractivity contribution in [1.82, 2.24) is 0 Å². The van der Waals surface area contributed by atoms with Crippen molar-refractivity contribution in [1.29, 1.82) is 0 Å². The number of hydrogen-bond acceptors (Lipinski definition) is 6. The van der Waals surface area contributed by atoms with Crippen molar-refractivity contribution in [2.24, 2.45) is 0 Å². The van der Waals surface area contributed by atoms with Crippen LogP contribution in [0, 0.1) is 0 Å². The molecule has 0 heterocycles. The third-order valence-corrected chi connectivity index (χ3v) is 6.41. The lowest BCUT2D eigenvalue weighted by atomic mass is 10.1. The predicted molar refractivity (Wildman–Crippen MR) is 132 cm³/mol. The van der Waals surface area contributed by atoms with E-state index in [1.54, 1.807) is 42.5 Å². The molecule has 0 aromatic heterocycles. The average Bonchev–Trinajstić information content (AvgIpc) is 2.83. The van der Waals surface area contributed by atoms with Crippen LogP contribution >= 0.6 is 11.6 Å². The molecule has 0 radical (unpaired) electrons. The minimum absolute atomic E-state index is 0.0241. The highest BCUT2D eigenvalue weighted by molar-refractivity contribution is 7.92. The first-order valence-corrected chi connectivity index (χ1v) is 11.8. The minimum atomic E-state index is -3.84. The second-order valence-corrected chi connectivity index (χ2v) is 8.95. The number of ether oxygens (including phenoxy) is 3. The molecule has 0 unspecified atom stereocenters.